The highest BCUT2D eigenvalue weighted by molar-refractivity contribution is 5.42. The van der Waals surface area contributed by atoms with E-state index in [0.29, 0.717) is 11.7 Å². The van der Waals surface area contributed by atoms with Gasteiger partial charge < -0.3 is 5.11 Å². The standard InChI is InChI=1S/C10H12O.C2H6/c1-7-5-8-3-2-4-10(11)9(8)6-7;1-2/h2-4,7,11H,5-6H2,1H3;1-2H3. The summed E-state index contributed by atoms with van der Waals surface area (Å²) >= 11 is 0. The fourth-order valence-electron chi connectivity index (χ4n) is 1.84. The summed E-state index contributed by atoms with van der Waals surface area (Å²) in [5, 5.41) is 9.45. The van der Waals surface area contributed by atoms with Crippen LogP contribution in [-0.4, -0.2) is 5.11 Å². The fraction of sp³-hybridized carbons (Fsp3) is 0.500. The zero-order valence-corrected chi connectivity index (χ0v) is 8.67. The molecular weight excluding hydrogens is 160 g/mol. The maximum absolute atomic E-state index is 9.45. The van der Waals surface area contributed by atoms with E-state index in [1.54, 1.807) is 6.07 Å². The first-order valence-electron chi connectivity index (χ1n) is 5.07. The lowest BCUT2D eigenvalue weighted by Gasteiger charge is -1.99. The van der Waals surface area contributed by atoms with Crippen LogP contribution in [-0.2, 0) is 12.8 Å². The highest BCUT2D eigenvalue weighted by atomic mass is 16.3. The third kappa shape index (κ3) is 2.03. The molecule has 0 bridgehead atoms. The van der Waals surface area contributed by atoms with Gasteiger partial charge in [-0.05, 0) is 36.0 Å². The van der Waals surface area contributed by atoms with E-state index in [1.807, 2.05) is 19.9 Å². The number of benzene rings is 1. The lowest BCUT2D eigenvalue weighted by Crippen LogP contribution is -1.89. The molecule has 0 spiro atoms. The summed E-state index contributed by atoms with van der Waals surface area (Å²) in [6.45, 7) is 6.22. The molecule has 13 heavy (non-hydrogen) atoms. The Bertz CT molecular complexity index is 278. The van der Waals surface area contributed by atoms with Crippen LogP contribution in [0.15, 0.2) is 18.2 Å². The van der Waals surface area contributed by atoms with Crippen LogP contribution in [0.3, 0.4) is 0 Å². The van der Waals surface area contributed by atoms with Gasteiger partial charge >= 0.3 is 0 Å². The Kier molecular flexibility index (Phi) is 3.35. The van der Waals surface area contributed by atoms with Gasteiger partial charge in [0.2, 0.25) is 0 Å². The van der Waals surface area contributed by atoms with Gasteiger partial charge in [0.15, 0.2) is 0 Å². The lowest BCUT2D eigenvalue weighted by atomic mass is 10.1. The number of hydrogen-bond donors (Lipinski definition) is 1. The van der Waals surface area contributed by atoms with E-state index in [0.717, 1.165) is 12.8 Å². The van der Waals surface area contributed by atoms with Gasteiger partial charge in [0, 0.05) is 0 Å². The zero-order valence-electron chi connectivity index (χ0n) is 8.67. The minimum atomic E-state index is 0.479. The minimum Gasteiger partial charge on any atom is -0.508 e. The molecule has 0 saturated heterocycles. The molecule has 1 atom stereocenters. The monoisotopic (exact) mass is 178 g/mol. The Hall–Kier alpha value is -0.980. The summed E-state index contributed by atoms with van der Waals surface area (Å²) in [6, 6.07) is 5.81. The Labute approximate surface area is 80.4 Å². The van der Waals surface area contributed by atoms with Crippen molar-refractivity contribution in [1.29, 1.82) is 0 Å². The molecule has 0 radical (unpaired) electrons. The van der Waals surface area contributed by atoms with Gasteiger partial charge in [-0.15, -0.1) is 0 Å². The Morgan fingerprint density at radius 3 is 2.54 bits per heavy atom. The molecule has 1 nitrogen and oxygen atoms in total. The zero-order chi connectivity index (χ0) is 9.84. The van der Waals surface area contributed by atoms with Crippen molar-refractivity contribution >= 4 is 0 Å². The summed E-state index contributed by atoms with van der Waals surface area (Å²) in [5.74, 6) is 1.19. The second-order valence-electron chi connectivity index (χ2n) is 3.43. The first-order chi connectivity index (χ1) is 6.27. The predicted molar refractivity (Wildman–Crippen MR) is 56.0 cm³/mol. The van der Waals surface area contributed by atoms with Gasteiger partial charge in [-0.25, -0.2) is 0 Å². The average Bonchev–Trinajstić information content (AvgIpc) is 2.51. The van der Waals surface area contributed by atoms with Crippen molar-refractivity contribution in [3.63, 3.8) is 0 Å². The Balaban J connectivity index is 0.000000396. The molecule has 0 amide bonds. The molecule has 1 heteroatoms. The summed E-state index contributed by atoms with van der Waals surface area (Å²) < 4.78 is 0. The van der Waals surface area contributed by atoms with Gasteiger partial charge in [-0.2, -0.15) is 0 Å². The van der Waals surface area contributed by atoms with Crippen molar-refractivity contribution in [2.75, 3.05) is 0 Å². The smallest absolute Gasteiger partial charge is 0.119 e. The molecule has 1 aromatic rings. The van der Waals surface area contributed by atoms with E-state index in [-0.39, 0.29) is 0 Å². The van der Waals surface area contributed by atoms with Crippen LogP contribution in [0.25, 0.3) is 0 Å². The second kappa shape index (κ2) is 4.31. The van der Waals surface area contributed by atoms with Crippen LogP contribution in [0.4, 0.5) is 0 Å². The molecule has 0 saturated carbocycles. The van der Waals surface area contributed by atoms with Crippen molar-refractivity contribution in [3.05, 3.63) is 29.3 Å². The molecule has 0 heterocycles. The minimum absolute atomic E-state index is 0.479. The van der Waals surface area contributed by atoms with Crippen LogP contribution in [0.2, 0.25) is 0 Å². The van der Waals surface area contributed by atoms with Crippen LogP contribution in [0.1, 0.15) is 31.9 Å². The van der Waals surface area contributed by atoms with E-state index in [1.165, 1.54) is 11.1 Å². The topological polar surface area (TPSA) is 20.2 Å². The lowest BCUT2D eigenvalue weighted by molar-refractivity contribution is 0.466. The van der Waals surface area contributed by atoms with Gasteiger partial charge in [-0.3, -0.25) is 0 Å². The maximum Gasteiger partial charge on any atom is 0.119 e. The highest BCUT2D eigenvalue weighted by Gasteiger charge is 2.19. The molecule has 0 fully saturated rings. The van der Waals surface area contributed by atoms with Crippen LogP contribution >= 0.6 is 0 Å². The average molecular weight is 178 g/mol. The summed E-state index contributed by atoms with van der Waals surface area (Å²) in [7, 11) is 0. The largest absolute Gasteiger partial charge is 0.508 e. The van der Waals surface area contributed by atoms with Crippen LogP contribution in [0.5, 0.6) is 5.75 Å². The second-order valence-corrected chi connectivity index (χ2v) is 3.43. The SMILES string of the molecule is CC.CC1Cc2cccc(O)c2C1. The summed E-state index contributed by atoms with van der Waals surface area (Å²) in [5.41, 5.74) is 2.50. The molecule has 0 aromatic heterocycles. The molecule has 72 valence electrons. The number of phenolic OH excluding ortho intramolecular Hbond substituents is 1. The van der Waals surface area contributed by atoms with Crippen molar-refractivity contribution in [1.82, 2.24) is 0 Å². The normalized spacial score (nSPS) is 18.8. The van der Waals surface area contributed by atoms with E-state index in [2.05, 4.69) is 13.0 Å². The van der Waals surface area contributed by atoms with Gasteiger partial charge in [-0.1, -0.05) is 32.9 Å². The molecule has 1 N–H and O–H groups in total. The van der Waals surface area contributed by atoms with Crippen molar-refractivity contribution in [2.45, 2.75) is 33.6 Å². The molecule has 1 aliphatic rings. The van der Waals surface area contributed by atoms with Crippen LogP contribution < -0.4 is 0 Å². The first kappa shape index (κ1) is 10.1. The van der Waals surface area contributed by atoms with E-state index < -0.39 is 0 Å². The van der Waals surface area contributed by atoms with Gasteiger partial charge in [0.1, 0.15) is 5.75 Å². The predicted octanol–water partition coefficient (Wildman–Crippen LogP) is 3.15. The first-order valence-corrected chi connectivity index (χ1v) is 5.07. The van der Waals surface area contributed by atoms with Crippen LogP contribution in [0, 0.1) is 5.92 Å². The molecule has 1 unspecified atom stereocenters. The summed E-state index contributed by atoms with van der Waals surface area (Å²) in [4.78, 5) is 0. The van der Waals surface area contributed by atoms with Gasteiger partial charge in [0.25, 0.3) is 0 Å². The van der Waals surface area contributed by atoms with E-state index in [9.17, 15) is 5.11 Å². The third-order valence-corrected chi connectivity index (χ3v) is 2.37. The quantitative estimate of drug-likeness (QED) is 0.647. The maximum atomic E-state index is 9.45. The van der Waals surface area contributed by atoms with Gasteiger partial charge in [0.05, 0.1) is 0 Å². The number of fused-ring (bicyclic) bond motifs is 1. The molecule has 1 aliphatic carbocycles. The molecule has 0 aliphatic heterocycles. The molecule has 1 aromatic carbocycles. The number of phenols is 1. The Morgan fingerprint density at radius 2 is 1.92 bits per heavy atom. The van der Waals surface area contributed by atoms with E-state index >= 15 is 0 Å². The Morgan fingerprint density at radius 1 is 1.23 bits per heavy atom. The third-order valence-electron chi connectivity index (χ3n) is 2.37. The van der Waals surface area contributed by atoms with E-state index in [4.69, 9.17) is 0 Å². The van der Waals surface area contributed by atoms with Crippen molar-refractivity contribution < 1.29 is 5.11 Å². The summed E-state index contributed by atoms with van der Waals surface area (Å²) in [6.07, 6.45) is 2.17. The molecule has 2 rings (SSSR count). The van der Waals surface area contributed by atoms with Crippen molar-refractivity contribution in [2.24, 2.45) is 5.92 Å². The number of rotatable bonds is 0. The molecular formula is C12H18O. The fourth-order valence-corrected chi connectivity index (χ4v) is 1.84. The number of aromatic hydroxyl groups is 1. The number of hydrogen-bond acceptors (Lipinski definition) is 1. The van der Waals surface area contributed by atoms with Crippen molar-refractivity contribution in [3.8, 4) is 5.75 Å². The highest BCUT2D eigenvalue weighted by Crippen LogP contribution is 2.32.